The highest BCUT2D eigenvalue weighted by Crippen LogP contribution is 2.13. The van der Waals surface area contributed by atoms with Crippen LogP contribution < -0.4 is 0 Å². The smallest absolute Gasteiger partial charge is 0.214 e. The number of rotatable bonds is 2. The standard InChI is InChI=1S/C8H15NO3S/c1-7(2)5-9-6-8(10)3-4-13(9,11)12/h7H,3-6H2,1-2H3. The Hall–Kier alpha value is -0.420. The Morgan fingerprint density at radius 2 is 2.08 bits per heavy atom. The predicted molar refractivity (Wildman–Crippen MR) is 49.8 cm³/mol. The monoisotopic (exact) mass is 205 g/mol. The average Bonchev–Trinajstić information content (AvgIpc) is 1.97. The van der Waals surface area contributed by atoms with E-state index in [0.29, 0.717) is 6.54 Å². The number of carbonyl (C=O) groups is 1. The lowest BCUT2D eigenvalue weighted by Gasteiger charge is -2.26. The van der Waals surface area contributed by atoms with E-state index in [-0.39, 0.29) is 30.4 Å². The van der Waals surface area contributed by atoms with Gasteiger partial charge in [0.05, 0.1) is 12.3 Å². The van der Waals surface area contributed by atoms with Crippen molar-refractivity contribution in [3.63, 3.8) is 0 Å². The van der Waals surface area contributed by atoms with Gasteiger partial charge in [-0.1, -0.05) is 13.8 Å². The second-order valence-electron chi connectivity index (χ2n) is 3.79. The minimum atomic E-state index is -3.14. The zero-order valence-corrected chi connectivity index (χ0v) is 8.80. The van der Waals surface area contributed by atoms with Crippen LogP contribution >= 0.6 is 0 Å². The molecular weight excluding hydrogens is 190 g/mol. The summed E-state index contributed by atoms with van der Waals surface area (Å²) in [4.78, 5) is 11.0. The molecule has 1 fully saturated rings. The number of nitrogens with zero attached hydrogens (tertiary/aromatic N) is 1. The molecule has 0 aromatic rings. The molecule has 1 saturated heterocycles. The van der Waals surface area contributed by atoms with Crippen LogP contribution in [0.3, 0.4) is 0 Å². The van der Waals surface area contributed by atoms with Crippen molar-refractivity contribution in [1.82, 2.24) is 4.31 Å². The van der Waals surface area contributed by atoms with E-state index in [2.05, 4.69) is 0 Å². The maximum absolute atomic E-state index is 11.4. The third-order valence-electron chi connectivity index (χ3n) is 1.95. The summed E-state index contributed by atoms with van der Waals surface area (Å²) < 4.78 is 24.2. The zero-order valence-electron chi connectivity index (χ0n) is 7.99. The molecule has 0 saturated carbocycles. The molecule has 1 rings (SSSR count). The fourth-order valence-corrected chi connectivity index (χ4v) is 2.94. The van der Waals surface area contributed by atoms with Crippen molar-refractivity contribution >= 4 is 15.8 Å². The zero-order chi connectivity index (χ0) is 10.1. The van der Waals surface area contributed by atoms with Crippen LogP contribution in [0.4, 0.5) is 0 Å². The highest BCUT2D eigenvalue weighted by atomic mass is 32.2. The van der Waals surface area contributed by atoms with Gasteiger partial charge < -0.3 is 0 Å². The Bertz CT molecular complexity index is 295. The van der Waals surface area contributed by atoms with Crippen LogP contribution in [0.5, 0.6) is 0 Å². The quantitative estimate of drug-likeness (QED) is 0.649. The molecule has 1 aliphatic rings. The third-order valence-corrected chi connectivity index (χ3v) is 3.74. The molecule has 0 radical (unpaired) electrons. The van der Waals surface area contributed by atoms with E-state index < -0.39 is 10.0 Å². The van der Waals surface area contributed by atoms with Gasteiger partial charge in [0.15, 0.2) is 0 Å². The molecule has 13 heavy (non-hydrogen) atoms. The Morgan fingerprint density at radius 3 is 2.62 bits per heavy atom. The average molecular weight is 205 g/mol. The molecule has 0 aromatic heterocycles. The van der Waals surface area contributed by atoms with Crippen LogP contribution in [0.15, 0.2) is 0 Å². The van der Waals surface area contributed by atoms with E-state index >= 15 is 0 Å². The second kappa shape index (κ2) is 3.75. The molecule has 0 N–H and O–H groups in total. The van der Waals surface area contributed by atoms with Crippen molar-refractivity contribution in [2.45, 2.75) is 20.3 Å². The molecule has 0 aliphatic carbocycles. The van der Waals surface area contributed by atoms with Gasteiger partial charge in [0.25, 0.3) is 0 Å². The van der Waals surface area contributed by atoms with Crippen molar-refractivity contribution in [3.8, 4) is 0 Å². The largest absolute Gasteiger partial charge is 0.298 e. The lowest BCUT2D eigenvalue weighted by Crippen LogP contribution is -2.44. The molecule has 0 amide bonds. The first-order valence-electron chi connectivity index (χ1n) is 4.41. The first-order chi connectivity index (χ1) is 5.92. The molecule has 4 nitrogen and oxygen atoms in total. The highest BCUT2D eigenvalue weighted by Gasteiger charge is 2.30. The molecular formula is C8H15NO3S. The summed E-state index contributed by atoms with van der Waals surface area (Å²) in [5.74, 6) is 0.273. The van der Waals surface area contributed by atoms with Crippen LogP contribution in [-0.2, 0) is 14.8 Å². The summed E-state index contributed by atoms with van der Waals surface area (Å²) in [5, 5.41) is 0. The number of ketones is 1. The molecule has 76 valence electrons. The second-order valence-corrected chi connectivity index (χ2v) is 5.88. The maximum atomic E-state index is 11.4. The van der Waals surface area contributed by atoms with Crippen molar-refractivity contribution in [1.29, 1.82) is 0 Å². The normalized spacial score (nSPS) is 23.8. The van der Waals surface area contributed by atoms with E-state index in [1.54, 1.807) is 0 Å². The van der Waals surface area contributed by atoms with Gasteiger partial charge in [-0.25, -0.2) is 8.42 Å². The molecule has 0 aromatic carbocycles. The highest BCUT2D eigenvalue weighted by molar-refractivity contribution is 7.89. The maximum Gasteiger partial charge on any atom is 0.214 e. The Morgan fingerprint density at radius 1 is 1.46 bits per heavy atom. The molecule has 5 heteroatoms. The number of sulfonamides is 1. The van der Waals surface area contributed by atoms with Crippen molar-refractivity contribution in [2.24, 2.45) is 5.92 Å². The van der Waals surface area contributed by atoms with Gasteiger partial charge >= 0.3 is 0 Å². The fourth-order valence-electron chi connectivity index (χ4n) is 1.33. The summed E-state index contributed by atoms with van der Waals surface area (Å²) in [6.07, 6.45) is 0.178. The first-order valence-corrected chi connectivity index (χ1v) is 6.02. The van der Waals surface area contributed by atoms with Crippen LogP contribution in [-0.4, -0.2) is 37.3 Å². The van der Waals surface area contributed by atoms with E-state index in [1.165, 1.54) is 4.31 Å². The molecule has 1 aliphatic heterocycles. The van der Waals surface area contributed by atoms with Crippen molar-refractivity contribution < 1.29 is 13.2 Å². The minimum absolute atomic E-state index is 0.0153. The van der Waals surface area contributed by atoms with E-state index in [1.807, 2.05) is 13.8 Å². The van der Waals surface area contributed by atoms with Gasteiger partial charge in [-0.2, -0.15) is 4.31 Å². The van der Waals surface area contributed by atoms with Gasteiger partial charge in [0.1, 0.15) is 5.78 Å². The molecule has 0 spiro atoms. The van der Waals surface area contributed by atoms with E-state index in [0.717, 1.165) is 0 Å². The molecule has 0 atom stereocenters. The van der Waals surface area contributed by atoms with Crippen LogP contribution in [0.2, 0.25) is 0 Å². The van der Waals surface area contributed by atoms with Gasteiger partial charge in [0, 0.05) is 13.0 Å². The van der Waals surface area contributed by atoms with E-state index in [9.17, 15) is 13.2 Å². The summed E-state index contributed by atoms with van der Waals surface area (Å²) in [5.41, 5.74) is 0. The Labute approximate surface area is 79.0 Å². The molecule has 0 unspecified atom stereocenters. The molecule has 1 heterocycles. The number of hydrogen-bond donors (Lipinski definition) is 0. The van der Waals surface area contributed by atoms with Gasteiger partial charge in [0.2, 0.25) is 10.0 Å². The van der Waals surface area contributed by atoms with Crippen LogP contribution in [0.1, 0.15) is 20.3 Å². The van der Waals surface area contributed by atoms with Crippen LogP contribution in [0.25, 0.3) is 0 Å². The van der Waals surface area contributed by atoms with Crippen molar-refractivity contribution in [2.75, 3.05) is 18.8 Å². The SMILES string of the molecule is CC(C)CN1CC(=O)CCS1(=O)=O. The number of Topliss-reactive ketones (excluding diaryl/α,β-unsaturated/α-hetero) is 1. The summed E-state index contributed by atoms with van der Waals surface area (Å²) >= 11 is 0. The fraction of sp³-hybridized carbons (Fsp3) is 0.875. The number of hydrogen-bond acceptors (Lipinski definition) is 3. The van der Waals surface area contributed by atoms with Gasteiger partial charge in [-0.15, -0.1) is 0 Å². The Balaban J connectivity index is 2.73. The number of carbonyl (C=O) groups excluding carboxylic acids is 1. The predicted octanol–water partition coefficient (Wildman–Crippen LogP) is 0.247. The lowest BCUT2D eigenvalue weighted by atomic mass is 10.2. The molecule has 0 bridgehead atoms. The van der Waals surface area contributed by atoms with Crippen molar-refractivity contribution in [3.05, 3.63) is 0 Å². The van der Waals surface area contributed by atoms with Gasteiger partial charge in [-0.3, -0.25) is 4.79 Å². The minimum Gasteiger partial charge on any atom is -0.298 e. The lowest BCUT2D eigenvalue weighted by molar-refractivity contribution is -0.119. The van der Waals surface area contributed by atoms with E-state index in [4.69, 9.17) is 0 Å². The van der Waals surface area contributed by atoms with Crippen LogP contribution in [0, 0.1) is 5.92 Å². The van der Waals surface area contributed by atoms with Gasteiger partial charge in [-0.05, 0) is 5.92 Å². The summed E-state index contributed by atoms with van der Waals surface area (Å²) in [7, 11) is -3.14. The summed E-state index contributed by atoms with van der Waals surface area (Å²) in [6.45, 7) is 4.40. The topological polar surface area (TPSA) is 54.5 Å². The first kappa shape index (κ1) is 10.7. The third kappa shape index (κ3) is 2.77. The summed E-state index contributed by atoms with van der Waals surface area (Å²) in [6, 6.07) is 0. The Kier molecular flexibility index (Phi) is 3.08.